The minimum Gasteiger partial charge on any atom is -0.478 e. The van der Waals surface area contributed by atoms with E-state index in [1.807, 2.05) is 11.8 Å². The zero-order valence-corrected chi connectivity index (χ0v) is 18.9. The first kappa shape index (κ1) is 27.7. The van der Waals surface area contributed by atoms with E-state index >= 15 is 0 Å². The van der Waals surface area contributed by atoms with Gasteiger partial charge in [0.15, 0.2) is 5.82 Å². The molecule has 182 valence electrons. The molecule has 0 aliphatic rings. The van der Waals surface area contributed by atoms with Gasteiger partial charge in [-0.1, -0.05) is 31.0 Å². The van der Waals surface area contributed by atoms with Gasteiger partial charge in [-0.3, -0.25) is 4.72 Å². The van der Waals surface area contributed by atoms with E-state index in [0.29, 0.717) is 12.4 Å². The van der Waals surface area contributed by atoms with Crippen molar-refractivity contribution in [3.63, 3.8) is 0 Å². The predicted octanol–water partition coefficient (Wildman–Crippen LogP) is 3.76. The van der Waals surface area contributed by atoms with Crippen LogP contribution in [0.15, 0.2) is 41.4 Å². The van der Waals surface area contributed by atoms with Crippen LogP contribution in [0.1, 0.15) is 35.7 Å². The molecule has 0 spiro atoms. The number of carboxylic acids is 2. The van der Waals surface area contributed by atoms with E-state index < -0.39 is 28.1 Å². The summed E-state index contributed by atoms with van der Waals surface area (Å²) in [4.78, 5) is 26.2. The van der Waals surface area contributed by atoms with Gasteiger partial charge in [-0.15, -0.1) is 0 Å². The number of aromatic carboxylic acids is 1. The van der Waals surface area contributed by atoms with Crippen LogP contribution in [0.2, 0.25) is 0 Å². The van der Waals surface area contributed by atoms with Gasteiger partial charge in [-0.2, -0.15) is 13.2 Å². The largest absolute Gasteiger partial charge is 0.490 e. The number of aromatic nitrogens is 1. The smallest absolute Gasteiger partial charge is 0.478 e. The summed E-state index contributed by atoms with van der Waals surface area (Å²) < 4.78 is 59.6. The summed E-state index contributed by atoms with van der Waals surface area (Å²) in [6.07, 6.45) is -1.98. The fraction of sp³-hybridized carbons (Fsp3) is 0.350. The summed E-state index contributed by atoms with van der Waals surface area (Å²) >= 11 is 0. The second-order valence-electron chi connectivity index (χ2n) is 6.90. The van der Waals surface area contributed by atoms with E-state index in [1.165, 1.54) is 24.4 Å². The van der Waals surface area contributed by atoms with Gasteiger partial charge in [0.05, 0.1) is 16.1 Å². The van der Waals surface area contributed by atoms with Gasteiger partial charge in [0.25, 0.3) is 10.0 Å². The average Bonchev–Trinajstić information content (AvgIpc) is 2.71. The monoisotopic (exact) mass is 491 g/mol. The number of alkyl halides is 3. The maximum Gasteiger partial charge on any atom is 0.490 e. The average molecular weight is 491 g/mol. The van der Waals surface area contributed by atoms with E-state index in [1.54, 1.807) is 19.2 Å². The number of nitrogens with zero attached hydrogens (tertiary/aromatic N) is 2. The number of anilines is 2. The highest BCUT2D eigenvalue weighted by atomic mass is 32.2. The molecular weight excluding hydrogens is 467 g/mol. The van der Waals surface area contributed by atoms with E-state index in [-0.39, 0.29) is 16.1 Å². The molecule has 1 aromatic carbocycles. The summed E-state index contributed by atoms with van der Waals surface area (Å²) in [6.45, 7) is 4.59. The van der Waals surface area contributed by atoms with Crippen molar-refractivity contribution in [2.45, 2.75) is 37.8 Å². The van der Waals surface area contributed by atoms with Crippen molar-refractivity contribution in [2.24, 2.45) is 0 Å². The van der Waals surface area contributed by atoms with Crippen molar-refractivity contribution in [2.75, 3.05) is 23.2 Å². The van der Waals surface area contributed by atoms with Crippen molar-refractivity contribution in [1.29, 1.82) is 0 Å². The molecule has 0 unspecified atom stereocenters. The highest BCUT2D eigenvalue weighted by Crippen LogP contribution is 2.27. The molecule has 0 bridgehead atoms. The maximum atomic E-state index is 12.7. The van der Waals surface area contributed by atoms with Crippen LogP contribution in [0.25, 0.3) is 0 Å². The molecule has 0 saturated carbocycles. The molecule has 2 aromatic rings. The number of rotatable bonds is 8. The summed E-state index contributed by atoms with van der Waals surface area (Å²) in [7, 11) is -2.06. The summed E-state index contributed by atoms with van der Waals surface area (Å²) in [5.41, 5.74) is 1.00. The number of aliphatic carboxylic acids is 1. The van der Waals surface area contributed by atoms with E-state index in [4.69, 9.17) is 9.90 Å². The predicted molar refractivity (Wildman–Crippen MR) is 115 cm³/mol. The molecule has 1 aromatic heterocycles. The summed E-state index contributed by atoms with van der Waals surface area (Å²) in [6, 6.07) is 7.71. The van der Waals surface area contributed by atoms with Gasteiger partial charge in [0.2, 0.25) is 0 Å². The van der Waals surface area contributed by atoms with Crippen molar-refractivity contribution >= 4 is 33.5 Å². The zero-order chi connectivity index (χ0) is 25.4. The minimum atomic E-state index is -5.08. The zero-order valence-electron chi connectivity index (χ0n) is 18.0. The normalized spacial score (nSPS) is 11.2. The molecule has 0 saturated heterocycles. The lowest BCUT2D eigenvalue weighted by Gasteiger charge is -2.22. The van der Waals surface area contributed by atoms with Gasteiger partial charge in [-0.25, -0.2) is 23.0 Å². The van der Waals surface area contributed by atoms with Crippen molar-refractivity contribution in [1.82, 2.24) is 4.98 Å². The molecule has 0 aliphatic heterocycles. The number of halogens is 3. The Morgan fingerprint density at radius 2 is 1.70 bits per heavy atom. The lowest BCUT2D eigenvalue weighted by atomic mass is 10.2. The van der Waals surface area contributed by atoms with Crippen LogP contribution in [-0.4, -0.2) is 55.3 Å². The van der Waals surface area contributed by atoms with Crippen molar-refractivity contribution < 1.29 is 41.4 Å². The molecule has 0 radical (unpaired) electrons. The number of hydrogen-bond donors (Lipinski definition) is 3. The van der Waals surface area contributed by atoms with Gasteiger partial charge in [-0.05, 0) is 31.5 Å². The number of aryl methyl sites for hydroxylation is 1. The fourth-order valence-corrected chi connectivity index (χ4v) is 3.43. The van der Waals surface area contributed by atoms with Gasteiger partial charge in [0, 0.05) is 19.8 Å². The number of unbranched alkanes of at least 4 members (excludes halogenated alkanes) is 1. The minimum absolute atomic E-state index is 0.0840. The first-order valence-corrected chi connectivity index (χ1v) is 11.0. The number of pyridine rings is 1. The standard InChI is InChI=1S/C18H23N3O4S.C2HF3O2/c1-4-5-10-21(3)17-16(11-14(12-19-17)18(22)23)20-26(24,25)15-8-6-13(2)7-9-15;3-2(4,5)1(6)7/h6-9,11-12,20H,4-5,10H2,1-3H3,(H,22,23);(H,6,7). The van der Waals surface area contributed by atoms with Crippen molar-refractivity contribution in [3.05, 3.63) is 47.7 Å². The molecule has 0 fully saturated rings. The first-order valence-electron chi connectivity index (χ1n) is 9.53. The Labute approximate surface area is 188 Å². The quantitative estimate of drug-likeness (QED) is 0.508. The van der Waals surface area contributed by atoms with Crippen LogP contribution in [0.5, 0.6) is 0 Å². The third-order valence-corrected chi connectivity index (χ3v) is 5.52. The van der Waals surface area contributed by atoms with E-state index in [0.717, 1.165) is 18.4 Å². The summed E-state index contributed by atoms with van der Waals surface area (Å²) in [5, 5.41) is 16.3. The highest BCUT2D eigenvalue weighted by Gasteiger charge is 2.38. The number of benzene rings is 1. The first-order chi connectivity index (χ1) is 15.2. The highest BCUT2D eigenvalue weighted by molar-refractivity contribution is 7.92. The number of carbonyl (C=O) groups is 2. The van der Waals surface area contributed by atoms with Crippen LogP contribution in [0.3, 0.4) is 0 Å². The molecule has 2 rings (SSSR count). The third kappa shape index (κ3) is 8.60. The molecule has 0 aliphatic carbocycles. The summed E-state index contributed by atoms with van der Waals surface area (Å²) in [5.74, 6) is -3.54. The molecule has 13 heteroatoms. The molecule has 0 amide bonds. The molecule has 33 heavy (non-hydrogen) atoms. The Morgan fingerprint density at radius 3 is 2.15 bits per heavy atom. The van der Waals surface area contributed by atoms with Gasteiger partial charge in [0.1, 0.15) is 0 Å². The molecule has 0 atom stereocenters. The number of carboxylic acid groups (broad SMARTS) is 2. The van der Waals surface area contributed by atoms with Gasteiger partial charge < -0.3 is 15.1 Å². The van der Waals surface area contributed by atoms with Crippen LogP contribution in [0, 0.1) is 6.92 Å². The van der Waals surface area contributed by atoms with Crippen LogP contribution in [0.4, 0.5) is 24.7 Å². The van der Waals surface area contributed by atoms with E-state index in [9.17, 15) is 31.5 Å². The van der Waals surface area contributed by atoms with Crippen LogP contribution >= 0.6 is 0 Å². The fourth-order valence-electron chi connectivity index (χ4n) is 2.38. The Balaban J connectivity index is 0.000000675. The van der Waals surface area contributed by atoms with Crippen molar-refractivity contribution in [3.8, 4) is 0 Å². The Hall–Kier alpha value is -3.35. The molecule has 9 nitrogen and oxygen atoms in total. The molecule has 3 N–H and O–H groups in total. The maximum absolute atomic E-state index is 12.7. The molecular formula is C20H24F3N3O6S. The second-order valence-corrected chi connectivity index (χ2v) is 8.58. The number of sulfonamides is 1. The number of nitrogens with one attached hydrogen (secondary N) is 1. The van der Waals surface area contributed by atoms with Crippen LogP contribution in [-0.2, 0) is 14.8 Å². The second kappa shape index (κ2) is 11.5. The third-order valence-electron chi connectivity index (χ3n) is 4.14. The molecule has 1 heterocycles. The Kier molecular flexibility index (Phi) is 9.64. The van der Waals surface area contributed by atoms with E-state index in [2.05, 4.69) is 16.6 Å². The van der Waals surface area contributed by atoms with Crippen LogP contribution < -0.4 is 9.62 Å². The topological polar surface area (TPSA) is 137 Å². The lowest BCUT2D eigenvalue weighted by molar-refractivity contribution is -0.192. The lowest BCUT2D eigenvalue weighted by Crippen LogP contribution is -2.23. The Morgan fingerprint density at radius 1 is 1.15 bits per heavy atom. The Bertz CT molecular complexity index is 1070. The number of hydrogen-bond acceptors (Lipinski definition) is 6. The SMILES string of the molecule is CCCCN(C)c1ncc(C(=O)O)cc1NS(=O)(=O)c1ccc(C)cc1.O=C(O)C(F)(F)F. The van der Waals surface area contributed by atoms with Gasteiger partial charge >= 0.3 is 18.1 Å².